The van der Waals surface area contributed by atoms with Crippen molar-refractivity contribution in [3.05, 3.63) is 35.9 Å². The van der Waals surface area contributed by atoms with Crippen molar-refractivity contribution in [1.82, 2.24) is 14.8 Å². The molecule has 0 unspecified atom stereocenters. The monoisotopic (exact) mass is 247 g/mol. The maximum absolute atomic E-state index is 12.8. The predicted octanol–water partition coefficient (Wildman–Crippen LogP) is 2.65. The van der Waals surface area contributed by atoms with E-state index < -0.39 is 5.82 Å². The maximum atomic E-state index is 12.8. The second-order valence-electron chi connectivity index (χ2n) is 5.03. The number of nitrogens with zero attached hydrogens (tertiary/aromatic N) is 3. The van der Waals surface area contributed by atoms with Crippen molar-refractivity contribution in [2.75, 3.05) is 0 Å². The van der Waals surface area contributed by atoms with E-state index >= 15 is 0 Å². The smallest absolute Gasteiger partial charge is 0.153 e. The lowest BCUT2D eigenvalue weighted by atomic mass is 10.1. The third-order valence-corrected chi connectivity index (χ3v) is 2.53. The Kier molecular flexibility index (Phi) is 2.98. The van der Waals surface area contributed by atoms with E-state index in [1.165, 1.54) is 12.1 Å². The van der Waals surface area contributed by atoms with Crippen LogP contribution in [0.15, 0.2) is 24.5 Å². The van der Waals surface area contributed by atoms with Crippen LogP contribution >= 0.6 is 0 Å². The Bertz CT molecular complexity index is 567. The van der Waals surface area contributed by atoms with Crippen LogP contribution in [0.5, 0.6) is 0 Å². The molecule has 0 spiro atoms. The number of hydrogen-bond donors (Lipinski definition) is 0. The highest BCUT2D eigenvalue weighted by molar-refractivity contribution is 5.84. The average Bonchev–Trinajstić information content (AvgIpc) is 2.73. The normalized spacial score (nSPS) is 11.6. The first-order valence-electron chi connectivity index (χ1n) is 5.59. The molecule has 0 aliphatic rings. The SMILES string of the molecule is CC(C)(C)n1cc(C=O)c(-c2ccc(F)cn2)n1. The zero-order valence-corrected chi connectivity index (χ0v) is 10.5. The molecule has 0 amide bonds. The van der Waals surface area contributed by atoms with Crippen LogP contribution in [-0.2, 0) is 5.54 Å². The Labute approximate surface area is 104 Å². The van der Waals surface area contributed by atoms with E-state index in [1.807, 2.05) is 20.8 Å². The Morgan fingerprint density at radius 3 is 2.56 bits per heavy atom. The Morgan fingerprint density at radius 1 is 1.33 bits per heavy atom. The van der Waals surface area contributed by atoms with Crippen LogP contribution in [0, 0.1) is 5.82 Å². The third-order valence-electron chi connectivity index (χ3n) is 2.53. The Balaban J connectivity index is 2.53. The van der Waals surface area contributed by atoms with Gasteiger partial charge < -0.3 is 0 Å². The molecular weight excluding hydrogens is 233 g/mol. The summed E-state index contributed by atoms with van der Waals surface area (Å²) in [6.45, 7) is 5.95. The molecule has 0 fully saturated rings. The van der Waals surface area contributed by atoms with Crippen LogP contribution in [0.3, 0.4) is 0 Å². The van der Waals surface area contributed by atoms with Gasteiger partial charge in [0.25, 0.3) is 0 Å². The molecule has 0 atom stereocenters. The number of pyridine rings is 1. The number of rotatable bonds is 2. The van der Waals surface area contributed by atoms with E-state index in [4.69, 9.17) is 0 Å². The number of hydrogen-bond acceptors (Lipinski definition) is 3. The Morgan fingerprint density at radius 2 is 2.06 bits per heavy atom. The van der Waals surface area contributed by atoms with E-state index in [0.29, 0.717) is 17.0 Å². The first kappa shape index (κ1) is 12.4. The molecule has 2 aromatic heterocycles. The van der Waals surface area contributed by atoms with Gasteiger partial charge in [0.1, 0.15) is 11.5 Å². The fourth-order valence-electron chi connectivity index (χ4n) is 1.53. The van der Waals surface area contributed by atoms with Gasteiger partial charge in [0.05, 0.1) is 23.0 Å². The summed E-state index contributed by atoms with van der Waals surface area (Å²) < 4.78 is 14.5. The topological polar surface area (TPSA) is 47.8 Å². The summed E-state index contributed by atoms with van der Waals surface area (Å²) in [5.74, 6) is -0.415. The highest BCUT2D eigenvalue weighted by atomic mass is 19.1. The quantitative estimate of drug-likeness (QED) is 0.766. The zero-order chi connectivity index (χ0) is 13.3. The summed E-state index contributed by atoms with van der Waals surface area (Å²) in [4.78, 5) is 15.0. The van der Waals surface area contributed by atoms with Gasteiger partial charge in [-0.1, -0.05) is 0 Å². The highest BCUT2D eigenvalue weighted by Gasteiger charge is 2.19. The molecule has 4 nitrogen and oxygen atoms in total. The first-order valence-corrected chi connectivity index (χ1v) is 5.59. The fourth-order valence-corrected chi connectivity index (χ4v) is 1.53. The molecule has 2 heterocycles. The van der Waals surface area contributed by atoms with Crippen LogP contribution in [0.4, 0.5) is 4.39 Å². The third kappa shape index (κ3) is 2.30. The summed E-state index contributed by atoms with van der Waals surface area (Å²) >= 11 is 0. The second kappa shape index (κ2) is 4.33. The van der Waals surface area contributed by atoms with E-state index in [0.717, 1.165) is 12.5 Å². The number of halogens is 1. The van der Waals surface area contributed by atoms with Crippen molar-refractivity contribution in [1.29, 1.82) is 0 Å². The van der Waals surface area contributed by atoms with Crippen molar-refractivity contribution >= 4 is 6.29 Å². The van der Waals surface area contributed by atoms with E-state index in [-0.39, 0.29) is 5.54 Å². The van der Waals surface area contributed by atoms with Crippen molar-refractivity contribution in [3.63, 3.8) is 0 Å². The molecule has 94 valence electrons. The number of aldehydes is 1. The zero-order valence-electron chi connectivity index (χ0n) is 10.5. The maximum Gasteiger partial charge on any atom is 0.153 e. The van der Waals surface area contributed by atoms with Gasteiger partial charge in [-0.25, -0.2) is 4.39 Å². The summed E-state index contributed by atoms with van der Waals surface area (Å²) in [5.41, 5.74) is 1.18. The van der Waals surface area contributed by atoms with E-state index in [2.05, 4.69) is 10.1 Å². The minimum Gasteiger partial charge on any atom is -0.298 e. The minimum atomic E-state index is -0.415. The van der Waals surface area contributed by atoms with Crippen molar-refractivity contribution in [3.8, 4) is 11.4 Å². The van der Waals surface area contributed by atoms with Crippen LogP contribution in [0.25, 0.3) is 11.4 Å². The van der Waals surface area contributed by atoms with Crippen molar-refractivity contribution in [2.45, 2.75) is 26.3 Å². The predicted molar refractivity (Wildman–Crippen MR) is 65.8 cm³/mol. The summed E-state index contributed by atoms with van der Waals surface area (Å²) in [7, 11) is 0. The summed E-state index contributed by atoms with van der Waals surface area (Å²) in [5, 5.41) is 4.35. The van der Waals surface area contributed by atoms with Gasteiger partial charge in [-0.15, -0.1) is 0 Å². The second-order valence-corrected chi connectivity index (χ2v) is 5.03. The fraction of sp³-hybridized carbons (Fsp3) is 0.308. The summed E-state index contributed by atoms with van der Waals surface area (Å²) in [6.07, 6.45) is 3.52. The average molecular weight is 247 g/mol. The lowest BCUT2D eigenvalue weighted by Crippen LogP contribution is -2.22. The van der Waals surface area contributed by atoms with Gasteiger partial charge in [0.15, 0.2) is 6.29 Å². The molecule has 0 N–H and O–H groups in total. The molecule has 2 aromatic rings. The van der Waals surface area contributed by atoms with Gasteiger partial charge in [0.2, 0.25) is 0 Å². The molecule has 5 heteroatoms. The van der Waals surface area contributed by atoms with Gasteiger partial charge in [0, 0.05) is 6.20 Å². The van der Waals surface area contributed by atoms with Crippen LogP contribution in [0.2, 0.25) is 0 Å². The van der Waals surface area contributed by atoms with Crippen LogP contribution in [0.1, 0.15) is 31.1 Å². The van der Waals surface area contributed by atoms with E-state index in [1.54, 1.807) is 10.9 Å². The number of carbonyl (C=O) groups excluding carboxylic acids is 1. The highest BCUT2D eigenvalue weighted by Crippen LogP contribution is 2.22. The van der Waals surface area contributed by atoms with Crippen LogP contribution in [-0.4, -0.2) is 21.1 Å². The lowest BCUT2D eigenvalue weighted by Gasteiger charge is -2.18. The number of carbonyl (C=O) groups is 1. The van der Waals surface area contributed by atoms with Crippen molar-refractivity contribution in [2.24, 2.45) is 0 Å². The molecule has 0 saturated carbocycles. The molecule has 18 heavy (non-hydrogen) atoms. The largest absolute Gasteiger partial charge is 0.298 e. The lowest BCUT2D eigenvalue weighted by molar-refractivity contribution is 0.112. The van der Waals surface area contributed by atoms with Gasteiger partial charge in [-0.2, -0.15) is 5.10 Å². The van der Waals surface area contributed by atoms with E-state index in [9.17, 15) is 9.18 Å². The van der Waals surface area contributed by atoms with Gasteiger partial charge >= 0.3 is 0 Å². The first-order chi connectivity index (χ1) is 8.41. The molecule has 0 aliphatic carbocycles. The molecule has 0 aromatic carbocycles. The van der Waals surface area contributed by atoms with Gasteiger partial charge in [-0.3, -0.25) is 14.5 Å². The summed E-state index contributed by atoms with van der Waals surface area (Å²) in [6, 6.07) is 2.81. The molecule has 0 aliphatic heterocycles. The van der Waals surface area contributed by atoms with Gasteiger partial charge in [-0.05, 0) is 32.9 Å². The number of aromatic nitrogens is 3. The van der Waals surface area contributed by atoms with Crippen molar-refractivity contribution < 1.29 is 9.18 Å². The standard InChI is InChI=1S/C13H14FN3O/c1-13(2,3)17-7-9(8-18)12(16-17)11-5-4-10(14)6-15-11/h4-8H,1-3H3. The van der Waals surface area contributed by atoms with Crippen LogP contribution < -0.4 is 0 Å². The molecule has 0 radical (unpaired) electrons. The molecule has 0 saturated heterocycles. The molecular formula is C13H14FN3O. The Hall–Kier alpha value is -2.04. The molecule has 2 rings (SSSR count). The molecule has 0 bridgehead atoms. The minimum absolute atomic E-state index is 0.226.